The number of sulfonamides is 1. The molecule has 0 aliphatic carbocycles. The molecule has 0 aromatic heterocycles. The zero-order chi connectivity index (χ0) is 19.4. The molecule has 0 bridgehead atoms. The van der Waals surface area contributed by atoms with E-state index in [4.69, 9.17) is 0 Å². The van der Waals surface area contributed by atoms with Crippen LogP contribution >= 0.6 is 0 Å². The lowest BCUT2D eigenvalue weighted by molar-refractivity contribution is -0.138. The fourth-order valence-electron chi connectivity index (χ4n) is 4.01. The molecule has 2 saturated heterocycles. The summed E-state index contributed by atoms with van der Waals surface area (Å²) in [6.45, 7) is 9.79. The molecule has 150 valence electrons. The first kappa shape index (κ1) is 20.3. The first-order valence-corrected chi connectivity index (χ1v) is 11.4. The number of piperidine rings is 1. The average Bonchev–Trinajstić information content (AvgIpc) is 2.68. The Morgan fingerprint density at radius 1 is 1.00 bits per heavy atom. The zero-order valence-corrected chi connectivity index (χ0v) is 17.2. The highest BCUT2D eigenvalue weighted by molar-refractivity contribution is 7.89. The van der Waals surface area contributed by atoms with Gasteiger partial charge in [0.25, 0.3) is 0 Å². The lowest BCUT2D eigenvalue weighted by Crippen LogP contribution is -2.52. The molecule has 1 aromatic carbocycles. The number of hydrogen-bond acceptors (Lipinski definition) is 4. The van der Waals surface area contributed by atoms with Gasteiger partial charge in [0.05, 0.1) is 4.90 Å². The van der Waals surface area contributed by atoms with Gasteiger partial charge in [0.2, 0.25) is 15.9 Å². The summed E-state index contributed by atoms with van der Waals surface area (Å²) in [6.07, 6.45) is 1.22. The second kappa shape index (κ2) is 8.71. The number of rotatable bonds is 5. The minimum Gasteiger partial charge on any atom is -0.340 e. The molecule has 0 radical (unpaired) electrons. The number of amides is 1. The molecule has 1 amide bonds. The van der Waals surface area contributed by atoms with Gasteiger partial charge in [-0.2, -0.15) is 4.31 Å². The van der Waals surface area contributed by atoms with Crippen LogP contribution in [0.1, 0.15) is 26.7 Å². The summed E-state index contributed by atoms with van der Waals surface area (Å²) in [5, 5.41) is 0. The van der Waals surface area contributed by atoms with Crippen LogP contribution in [0, 0.1) is 11.8 Å². The Labute approximate surface area is 163 Å². The van der Waals surface area contributed by atoms with Gasteiger partial charge in [0.1, 0.15) is 0 Å². The third kappa shape index (κ3) is 4.89. The smallest absolute Gasteiger partial charge is 0.243 e. The van der Waals surface area contributed by atoms with E-state index in [-0.39, 0.29) is 11.8 Å². The van der Waals surface area contributed by atoms with E-state index < -0.39 is 10.0 Å². The van der Waals surface area contributed by atoms with Gasteiger partial charge in [-0.15, -0.1) is 0 Å². The van der Waals surface area contributed by atoms with Crippen molar-refractivity contribution in [2.45, 2.75) is 31.6 Å². The standard InChI is InChI=1S/C20H31N3O3S/c1-17(2)16-21-12-14-22(15-13-21)20(24)18-8-10-23(11-9-18)27(25,26)19-6-4-3-5-7-19/h3-7,17-18H,8-16H2,1-2H3. The first-order valence-electron chi connectivity index (χ1n) is 9.94. The van der Waals surface area contributed by atoms with Gasteiger partial charge in [0.15, 0.2) is 0 Å². The third-order valence-electron chi connectivity index (χ3n) is 5.49. The predicted octanol–water partition coefficient (Wildman–Crippen LogP) is 1.89. The normalized spacial score (nSPS) is 20.9. The van der Waals surface area contributed by atoms with Gasteiger partial charge < -0.3 is 4.90 Å². The van der Waals surface area contributed by atoms with Crippen molar-refractivity contribution in [2.75, 3.05) is 45.8 Å². The minimum atomic E-state index is -3.45. The van der Waals surface area contributed by atoms with Gasteiger partial charge in [0, 0.05) is 51.7 Å². The van der Waals surface area contributed by atoms with Crippen molar-refractivity contribution < 1.29 is 13.2 Å². The monoisotopic (exact) mass is 393 g/mol. The number of benzene rings is 1. The van der Waals surface area contributed by atoms with Gasteiger partial charge in [-0.25, -0.2) is 8.42 Å². The average molecular weight is 394 g/mol. The van der Waals surface area contributed by atoms with Crippen LogP contribution in [-0.2, 0) is 14.8 Å². The fourth-order valence-corrected chi connectivity index (χ4v) is 5.50. The molecule has 2 aliphatic rings. The topological polar surface area (TPSA) is 60.9 Å². The molecule has 1 aromatic rings. The van der Waals surface area contributed by atoms with E-state index in [9.17, 15) is 13.2 Å². The van der Waals surface area contributed by atoms with Crippen molar-refractivity contribution in [2.24, 2.45) is 11.8 Å². The van der Waals surface area contributed by atoms with Crippen LogP contribution in [0.15, 0.2) is 35.2 Å². The second-order valence-electron chi connectivity index (χ2n) is 8.01. The first-order chi connectivity index (χ1) is 12.9. The summed E-state index contributed by atoms with van der Waals surface area (Å²) in [5.74, 6) is 0.794. The molecule has 0 unspecified atom stereocenters. The SMILES string of the molecule is CC(C)CN1CCN(C(=O)C2CCN(S(=O)(=O)c3ccccc3)CC2)CC1. The van der Waals surface area contributed by atoms with Crippen molar-refractivity contribution in [3.8, 4) is 0 Å². The number of carbonyl (C=O) groups is 1. The quantitative estimate of drug-likeness (QED) is 0.766. The van der Waals surface area contributed by atoms with Crippen LogP contribution < -0.4 is 0 Å². The summed E-state index contributed by atoms with van der Waals surface area (Å²) in [4.78, 5) is 17.6. The van der Waals surface area contributed by atoms with Crippen LogP contribution in [0.25, 0.3) is 0 Å². The Bertz CT molecular complexity index is 720. The molecule has 3 rings (SSSR count). The molecule has 6 nitrogen and oxygen atoms in total. The van der Waals surface area contributed by atoms with Crippen LogP contribution in [0.3, 0.4) is 0 Å². The summed E-state index contributed by atoms with van der Waals surface area (Å²) in [6, 6.07) is 8.54. The summed E-state index contributed by atoms with van der Waals surface area (Å²) < 4.78 is 26.9. The summed E-state index contributed by atoms with van der Waals surface area (Å²) >= 11 is 0. The van der Waals surface area contributed by atoms with Gasteiger partial charge in [-0.3, -0.25) is 9.69 Å². The maximum Gasteiger partial charge on any atom is 0.243 e. The Morgan fingerprint density at radius 3 is 2.15 bits per heavy atom. The maximum atomic E-state index is 12.8. The number of nitrogens with zero attached hydrogens (tertiary/aromatic N) is 3. The van der Waals surface area contributed by atoms with E-state index >= 15 is 0 Å². The highest BCUT2D eigenvalue weighted by Gasteiger charge is 2.34. The molecule has 27 heavy (non-hydrogen) atoms. The molecule has 2 fully saturated rings. The minimum absolute atomic E-state index is 0.0520. The van der Waals surface area contributed by atoms with Crippen LogP contribution in [-0.4, -0.2) is 74.2 Å². The van der Waals surface area contributed by atoms with E-state index in [1.54, 1.807) is 24.3 Å². The molecular formula is C20H31N3O3S. The number of hydrogen-bond donors (Lipinski definition) is 0. The Balaban J connectivity index is 1.51. The van der Waals surface area contributed by atoms with Crippen molar-refractivity contribution in [1.82, 2.24) is 14.1 Å². The summed E-state index contributed by atoms with van der Waals surface area (Å²) in [5.41, 5.74) is 0. The molecule has 0 N–H and O–H groups in total. The Morgan fingerprint density at radius 2 is 1.59 bits per heavy atom. The number of piperazine rings is 1. The third-order valence-corrected chi connectivity index (χ3v) is 7.40. The second-order valence-corrected chi connectivity index (χ2v) is 9.95. The van der Waals surface area contributed by atoms with Crippen molar-refractivity contribution in [1.29, 1.82) is 0 Å². The number of carbonyl (C=O) groups excluding carboxylic acids is 1. The Hall–Kier alpha value is -1.44. The van der Waals surface area contributed by atoms with E-state index in [0.717, 1.165) is 32.7 Å². The Kier molecular flexibility index (Phi) is 6.55. The molecule has 0 saturated carbocycles. The van der Waals surface area contributed by atoms with Crippen molar-refractivity contribution >= 4 is 15.9 Å². The molecule has 0 spiro atoms. The molecular weight excluding hydrogens is 362 g/mol. The zero-order valence-electron chi connectivity index (χ0n) is 16.4. The van der Waals surface area contributed by atoms with Gasteiger partial charge in [-0.05, 0) is 30.9 Å². The van der Waals surface area contributed by atoms with Gasteiger partial charge in [-0.1, -0.05) is 32.0 Å². The highest BCUT2D eigenvalue weighted by Crippen LogP contribution is 2.25. The van der Waals surface area contributed by atoms with Crippen molar-refractivity contribution in [3.05, 3.63) is 30.3 Å². The van der Waals surface area contributed by atoms with E-state index in [2.05, 4.69) is 18.7 Å². The van der Waals surface area contributed by atoms with E-state index in [0.29, 0.717) is 36.7 Å². The molecule has 0 atom stereocenters. The predicted molar refractivity (Wildman–Crippen MR) is 106 cm³/mol. The van der Waals surface area contributed by atoms with Crippen LogP contribution in [0.5, 0.6) is 0 Å². The molecule has 2 aliphatic heterocycles. The largest absolute Gasteiger partial charge is 0.340 e. The fraction of sp³-hybridized carbons (Fsp3) is 0.650. The molecule has 2 heterocycles. The maximum absolute atomic E-state index is 12.8. The van der Waals surface area contributed by atoms with E-state index in [1.807, 2.05) is 11.0 Å². The lowest BCUT2D eigenvalue weighted by Gasteiger charge is -2.38. The summed E-state index contributed by atoms with van der Waals surface area (Å²) in [7, 11) is -3.45. The lowest BCUT2D eigenvalue weighted by atomic mass is 9.96. The highest BCUT2D eigenvalue weighted by atomic mass is 32.2. The van der Waals surface area contributed by atoms with Crippen molar-refractivity contribution in [3.63, 3.8) is 0 Å². The van der Waals surface area contributed by atoms with E-state index in [1.165, 1.54) is 4.31 Å². The van der Waals surface area contributed by atoms with Gasteiger partial charge >= 0.3 is 0 Å². The molecule has 7 heteroatoms. The van der Waals surface area contributed by atoms with Crippen LogP contribution in [0.2, 0.25) is 0 Å². The van der Waals surface area contributed by atoms with Crippen LogP contribution in [0.4, 0.5) is 0 Å².